The van der Waals surface area contributed by atoms with E-state index in [9.17, 15) is 4.79 Å². The molecule has 6 nitrogen and oxygen atoms in total. The number of fused-ring (bicyclic) bond motifs is 1. The molecule has 1 aromatic carbocycles. The Bertz CT molecular complexity index is 733. The highest BCUT2D eigenvalue weighted by atomic mass is 79.9. The van der Waals surface area contributed by atoms with E-state index in [0.717, 1.165) is 0 Å². The van der Waals surface area contributed by atoms with Gasteiger partial charge in [-0.05, 0) is 28.1 Å². The molecule has 2 aromatic heterocycles. The van der Waals surface area contributed by atoms with Crippen LogP contribution >= 0.6 is 15.9 Å². The van der Waals surface area contributed by atoms with Crippen LogP contribution in [-0.2, 0) is 0 Å². The first-order valence-electron chi connectivity index (χ1n) is 4.82. The first kappa shape index (κ1) is 10.2. The van der Waals surface area contributed by atoms with E-state index in [0.29, 0.717) is 15.8 Å². The van der Waals surface area contributed by atoms with E-state index < -0.39 is 0 Å². The lowest BCUT2D eigenvalue weighted by Crippen LogP contribution is -2.29. The second kappa shape index (κ2) is 3.77. The molecule has 84 valence electrons. The Morgan fingerprint density at radius 2 is 1.94 bits per heavy atom. The van der Waals surface area contributed by atoms with Gasteiger partial charge in [0.1, 0.15) is 0 Å². The SMILES string of the molecule is O=c1n(-c2ccccc2)nnc2c(Br)cnn12. The summed E-state index contributed by atoms with van der Waals surface area (Å²) in [5.74, 6) is 0. The van der Waals surface area contributed by atoms with Crippen molar-refractivity contribution in [3.8, 4) is 5.69 Å². The average molecular weight is 292 g/mol. The molecule has 2 heterocycles. The maximum atomic E-state index is 12.1. The van der Waals surface area contributed by atoms with Crippen LogP contribution in [-0.4, -0.2) is 24.6 Å². The number of halogens is 1. The summed E-state index contributed by atoms with van der Waals surface area (Å²) in [4.78, 5) is 12.1. The van der Waals surface area contributed by atoms with Crippen LogP contribution in [0.5, 0.6) is 0 Å². The molecular weight excluding hydrogens is 286 g/mol. The average Bonchev–Trinajstić information content (AvgIpc) is 2.74. The summed E-state index contributed by atoms with van der Waals surface area (Å²) in [6, 6.07) is 9.07. The van der Waals surface area contributed by atoms with E-state index in [2.05, 4.69) is 31.3 Å². The van der Waals surface area contributed by atoms with Crippen molar-refractivity contribution in [2.75, 3.05) is 0 Å². The largest absolute Gasteiger partial charge is 0.373 e. The lowest BCUT2D eigenvalue weighted by Gasteiger charge is -2.02. The minimum Gasteiger partial charge on any atom is -0.243 e. The lowest BCUT2D eigenvalue weighted by atomic mass is 10.3. The van der Waals surface area contributed by atoms with Crippen molar-refractivity contribution in [1.82, 2.24) is 24.6 Å². The molecule has 0 N–H and O–H groups in total. The molecule has 0 radical (unpaired) electrons. The van der Waals surface area contributed by atoms with Crippen molar-refractivity contribution in [3.05, 3.63) is 51.5 Å². The monoisotopic (exact) mass is 291 g/mol. The highest BCUT2D eigenvalue weighted by Gasteiger charge is 2.10. The summed E-state index contributed by atoms with van der Waals surface area (Å²) in [7, 11) is 0. The van der Waals surface area contributed by atoms with Gasteiger partial charge in [-0.1, -0.05) is 23.4 Å². The van der Waals surface area contributed by atoms with E-state index in [1.807, 2.05) is 18.2 Å². The predicted molar refractivity (Wildman–Crippen MR) is 64.1 cm³/mol. The van der Waals surface area contributed by atoms with Crippen LogP contribution < -0.4 is 5.69 Å². The van der Waals surface area contributed by atoms with Gasteiger partial charge in [0.15, 0.2) is 5.65 Å². The zero-order valence-electron chi connectivity index (χ0n) is 8.49. The fourth-order valence-electron chi connectivity index (χ4n) is 1.50. The first-order chi connectivity index (χ1) is 8.27. The summed E-state index contributed by atoms with van der Waals surface area (Å²) in [6.45, 7) is 0. The molecule has 0 aliphatic heterocycles. The highest BCUT2D eigenvalue weighted by molar-refractivity contribution is 9.10. The molecule has 7 heteroatoms. The summed E-state index contributed by atoms with van der Waals surface area (Å²) >= 11 is 3.25. The lowest BCUT2D eigenvalue weighted by molar-refractivity contribution is 0.649. The minimum atomic E-state index is -0.355. The third kappa shape index (κ3) is 1.55. The fraction of sp³-hybridized carbons (Fsp3) is 0. The van der Waals surface area contributed by atoms with Gasteiger partial charge in [-0.25, -0.2) is 4.79 Å². The van der Waals surface area contributed by atoms with Gasteiger partial charge < -0.3 is 0 Å². The van der Waals surface area contributed by atoms with Gasteiger partial charge in [-0.15, -0.1) is 5.10 Å². The standard InChI is InChI=1S/C10H6BrN5O/c11-8-6-12-16-9(8)13-14-15(10(16)17)7-4-2-1-3-5-7/h1-6H. The van der Waals surface area contributed by atoms with Crippen LogP contribution in [0.3, 0.4) is 0 Å². The molecule has 0 saturated heterocycles. The number of nitrogens with zero attached hydrogens (tertiary/aromatic N) is 5. The first-order valence-corrected chi connectivity index (χ1v) is 5.61. The maximum absolute atomic E-state index is 12.1. The van der Waals surface area contributed by atoms with Crippen molar-refractivity contribution < 1.29 is 0 Å². The van der Waals surface area contributed by atoms with Gasteiger partial charge in [0.2, 0.25) is 0 Å². The molecule has 0 atom stereocenters. The Balaban J connectivity index is 2.33. The minimum absolute atomic E-state index is 0.355. The Morgan fingerprint density at radius 3 is 2.71 bits per heavy atom. The molecule has 3 rings (SSSR count). The second-order valence-electron chi connectivity index (χ2n) is 3.35. The Kier molecular flexibility index (Phi) is 2.25. The smallest absolute Gasteiger partial charge is 0.243 e. The van der Waals surface area contributed by atoms with E-state index in [4.69, 9.17) is 0 Å². The molecule has 0 unspecified atom stereocenters. The molecule has 0 bridgehead atoms. The van der Waals surface area contributed by atoms with Crippen LogP contribution in [0.4, 0.5) is 0 Å². The van der Waals surface area contributed by atoms with Crippen molar-refractivity contribution in [2.24, 2.45) is 0 Å². The van der Waals surface area contributed by atoms with E-state index in [1.54, 1.807) is 12.1 Å². The van der Waals surface area contributed by atoms with Gasteiger partial charge >= 0.3 is 5.69 Å². The van der Waals surface area contributed by atoms with Gasteiger partial charge in [0.25, 0.3) is 0 Å². The molecule has 0 saturated carbocycles. The number of hydrogen-bond donors (Lipinski definition) is 0. The molecule has 17 heavy (non-hydrogen) atoms. The topological polar surface area (TPSA) is 65.1 Å². The molecule has 0 aliphatic rings. The molecular formula is C10H6BrN5O. The molecule has 0 aliphatic carbocycles. The fourth-order valence-corrected chi connectivity index (χ4v) is 1.84. The van der Waals surface area contributed by atoms with E-state index in [-0.39, 0.29) is 5.69 Å². The van der Waals surface area contributed by atoms with Gasteiger partial charge in [0.05, 0.1) is 16.4 Å². The van der Waals surface area contributed by atoms with Crippen LogP contribution in [0.2, 0.25) is 0 Å². The molecule has 0 fully saturated rings. The van der Waals surface area contributed by atoms with Crippen molar-refractivity contribution >= 4 is 21.6 Å². The number of rotatable bonds is 1. The number of para-hydroxylation sites is 1. The Labute approximate surface area is 104 Å². The van der Waals surface area contributed by atoms with Crippen LogP contribution in [0.25, 0.3) is 11.3 Å². The summed E-state index contributed by atoms with van der Waals surface area (Å²) in [5, 5.41) is 11.8. The molecule has 3 aromatic rings. The summed E-state index contributed by atoms with van der Waals surface area (Å²) in [6.07, 6.45) is 1.51. The molecule has 0 spiro atoms. The zero-order chi connectivity index (χ0) is 11.8. The zero-order valence-corrected chi connectivity index (χ0v) is 10.1. The van der Waals surface area contributed by atoms with Gasteiger partial charge in [-0.3, -0.25) is 0 Å². The third-order valence-electron chi connectivity index (χ3n) is 2.29. The Morgan fingerprint density at radius 1 is 1.18 bits per heavy atom. The van der Waals surface area contributed by atoms with E-state index >= 15 is 0 Å². The predicted octanol–water partition coefficient (Wildman–Crippen LogP) is 1.04. The summed E-state index contributed by atoms with van der Waals surface area (Å²) in [5.41, 5.74) is 0.701. The van der Waals surface area contributed by atoms with Crippen LogP contribution in [0.1, 0.15) is 0 Å². The molecule has 0 amide bonds. The van der Waals surface area contributed by atoms with Gasteiger partial charge in [0, 0.05) is 0 Å². The number of benzene rings is 1. The van der Waals surface area contributed by atoms with Crippen LogP contribution in [0.15, 0.2) is 45.8 Å². The third-order valence-corrected chi connectivity index (χ3v) is 2.85. The Hall–Kier alpha value is -2.02. The number of aromatic nitrogens is 5. The van der Waals surface area contributed by atoms with Crippen molar-refractivity contribution in [1.29, 1.82) is 0 Å². The van der Waals surface area contributed by atoms with Gasteiger partial charge in [-0.2, -0.15) is 14.3 Å². The van der Waals surface area contributed by atoms with E-state index in [1.165, 1.54) is 15.4 Å². The normalized spacial score (nSPS) is 10.9. The van der Waals surface area contributed by atoms with Crippen molar-refractivity contribution in [2.45, 2.75) is 0 Å². The quantitative estimate of drug-likeness (QED) is 0.672. The maximum Gasteiger partial charge on any atom is 0.373 e. The second-order valence-corrected chi connectivity index (χ2v) is 4.20. The van der Waals surface area contributed by atoms with Crippen molar-refractivity contribution in [3.63, 3.8) is 0 Å². The number of hydrogen-bond acceptors (Lipinski definition) is 4. The highest BCUT2D eigenvalue weighted by Crippen LogP contribution is 2.12. The summed E-state index contributed by atoms with van der Waals surface area (Å²) < 4.78 is 3.04. The van der Waals surface area contributed by atoms with Crippen LogP contribution in [0, 0.1) is 0 Å².